The minimum absolute atomic E-state index is 0.145. The maximum absolute atomic E-state index is 14.8. The molecule has 1 aromatic carbocycles. The third-order valence-corrected chi connectivity index (χ3v) is 5.30. The molecule has 1 rings (SSSR count). The van der Waals surface area contributed by atoms with Gasteiger partial charge in [0.2, 0.25) is 0 Å². The summed E-state index contributed by atoms with van der Waals surface area (Å²) in [6.45, 7) is 1.89. The van der Waals surface area contributed by atoms with E-state index in [9.17, 15) is 36.3 Å². The van der Waals surface area contributed by atoms with Gasteiger partial charge in [-0.25, -0.2) is 13.2 Å². The van der Waals surface area contributed by atoms with Crippen molar-refractivity contribution in [2.75, 3.05) is 0 Å². The van der Waals surface area contributed by atoms with Gasteiger partial charge in [0.05, 0.1) is 5.56 Å². The Morgan fingerprint density at radius 2 is 1.24 bits per heavy atom. The first-order chi connectivity index (χ1) is 11.3. The Balaban J connectivity index is 3.69. The molecule has 0 bridgehead atoms. The number of carbonyl (C=O) groups is 3. The highest BCUT2D eigenvalue weighted by atomic mass is 28.4. The van der Waals surface area contributed by atoms with Crippen molar-refractivity contribution in [3.05, 3.63) is 35.1 Å². The predicted molar refractivity (Wildman–Crippen MR) is 71.3 cm³/mol. The van der Waals surface area contributed by atoms with Gasteiger partial charge in [0.1, 0.15) is 0 Å². The van der Waals surface area contributed by atoms with Crippen molar-refractivity contribution in [1.82, 2.24) is 0 Å². The van der Waals surface area contributed by atoms with Gasteiger partial charge >= 0.3 is 14.4 Å². The monoisotopic (exact) mass is 386 g/mol. The van der Waals surface area contributed by atoms with E-state index in [0.717, 1.165) is 0 Å². The quantitative estimate of drug-likeness (QED) is 0.439. The highest BCUT2D eigenvalue weighted by Crippen LogP contribution is 2.42. The van der Waals surface area contributed by atoms with Crippen molar-refractivity contribution >= 4 is 26.7 Å². The van der Waals surface area contributed by atoms with Gasteiger partial charge in [-0.05, 0) is 12.1 Å². The Labute approximate surface area is 138 Å². The van der Waals surface area contributed by atoms with Crippen LogP contribution >= 0.6 is 0 Å². The third-order valence-electron chi connectivity index (χ3n) is 2.59. The predicted octanol–water partition coefficient (Wildman–Crippen LogP) is 2.36. The fourth-order valence-corrected chi connectivity index (χ4v) is 3.92. The van der Waals surface area contributed by atoms with Gasteiger partial charge in [-0.1, -0.05) is 0 Å². The maximum atomic E-state index is 14.8. The molecule has 0 saturated heterocycles. The summed E-state index contributed by atoms with van der Waals surface area (Å²) < 4.78 is 82.6. The van der Waals surface area contributed by atoms with Crippen molar-refractivity contribution in [2.45, 2.75) is 26.3 Å². The molecule has 0 radical (unpaired) electrons. The lowest BCUT2D eigenvalue weighted by Gasteiger charge is -2.32. The van der Waals surface area contributed by atoms with Gasteiger partial charge in [0.25, 0.3) is 17.9 Å². The minimum atomic E-state index is -5.94. The van der Waals surface area contributed by atoms with E-state index in [1.165, 1.54) is 0 Å². The lowest BCUT2D eigenvalue weighted by molar-refractivity contribution is -0.156. The minimum Gasteiger partial charge on any atom is -0.452 e. The highest BCUT2D eigenvalue weighted by Gasteiger charge is 2.75. The average molecular weight is 386 g/mol. The molecule has 0 unspecified atom stereocenters. The molecule has 12 heteroatoms. The molecule has 138 valence electrons. The normalized spacial score (nSPS) is 11.7. The second-order valence-electron chi connectivity index (χ2n) is 4.63. The van der Waals surface area contributed by atoms with Crippen LogP contribution in [0.5, 0.6) is 0 Å². The molecule has 0 aliphatic rings. The Hall–Kier alpha value is -2.50. The van der Waals surface area contributed by atoms with Crippen LogP contribution in [0.3, 0.4) is 0 Å². The van der Waals surface area contributed by atoms with E-state index >= 15 is 0 Å². The summed E-state index contributed by atoms with van der Waals surface area (Å²) in [6, 6.07) is 0.322. The summed E-state index contributed by atoms with van der Waals surface area (Å²) in [5.74, 6) is -10.7. The van der Waals surface area contributed by atoms with Gasteiger partial charge in [0.15, 0.2) is 17.5 Å². The molecule has 1 aromatic rings. The number of carbonyl (C=O) groups excluding carboxylic acids is 3. The molecule has 0 aromatic heterocycles. The van der Waals surface area contributed by atoms with E-state index in [1.54, 1.807) is 0 Å². The van der Waals surface area contributed by atoms with Crippen LogP contribution in [0, 0.1) is 17.5 Å². The van der Waals surface area contributed by atoms with Crippen LogP contribution < -0.4 is 0 Å². The Kier molecular flexibility index (Phi) is 5.89. The van der Waals surface area contributed by atoms with E-state index in [1.807, 2.05) is 0 Å². The summed E-state index contributed by atoms with van der Waals surface area (Å²) in [5, 5.41) is 0. The van der Waals surface area contributed by atoms with E-state index < -0.39 is 55.3 Å². The topological polar surface area (TPSA) is 78.9 Å². The fourth-order valence-electron chi connectivity index (χ4n) is 1.76. The smallest absolute Gasteiger partial charge is 0.452 e. The zero-order chi connectivity index (χ0) is 19.6. The first kappa shape index (κ1) is 20.5. The molecule has 0 amide bonds. The van der Waals surface area contributed by atoms with Crippen LogP contribution in [0.2, 0.25) is 0 Å². The highest BCUT2D eigenvalue weighted by molar-refractivity contribution is 6.67. The van der Waals surface area contributed by atoms with Gasteiger partial charge in [-0.15, -0.1) is 0 Å². The molecule has 6 nitrogen and oxygen atoms in total. The standard InChI is InChI=1S/C13H11F5O6Si/c1-6(19)22-25(23-7(2)20,24-8(3)21)13(17,18)9-4-5-10(14)12(16)11(9)15/h4-5H,1-3H3. The van der Waals surface area contributed by atoms with Crippen molar-refractivity contribution < 1.29 is 49.6 Å². The van der Waals surface area contributed by atoms with E-state index in [4.69, 9.17) is 0 Å². The van der Waals surface area contributed by atoms with Crippen LogP contribution in [0.25, 0.3) is 0 Å². The number of hydrogen-bond donors (Lipinski definition) is 0. The van der Waals surface area contributed by atoms with Crippen molar-refractivity contribution in [2.24, 2.45) is 0 Å². The second-order valence-corrected chi connectivity index (χ2v) is 6.99. The van der Waals surface area contributed by atoms with Crippen LogP contribution in [-0.4, -0.2) is 26.7 Å². The first-order valence-electron chi connectivity index (χ1n) is 6.44. The van der Waals surface area contributed by atoms with Crippen LogP contribution in [0.15, 0.2) is 12.1 Å². The fraction of sp³-hybridized carbons (Fsp3) is 0.308. The van der Waals surface area contributed by atoms with Crippen molar-refractivity contribution in [1.29, 1.82) is 0 Å². The summed E-state index contributed by atoms with van der Waals surface area (Å²) in [5.41, 5.74) is -6.61. The molecule has 0 atom stereocenters. The molecule has 0 fully saturated rings. The number of hydrogen-bond acceptors (Lipinski definition) is 6. The van der Waals surface area contributed by atoms with E-state index in [0.29, 0.717) is 20.8 Å². The Bertz CT molecular complexity index is 682. The van der Waals surface area contributed by atoms with Crippen molar-refractivity contribution in [3.63, 3.8) is 0 Å². The van der Waals surface area contributed by atoms with E-state index in [-0.39, 0.29) is 12.1 Å². The Morgan fingerprint density at radius 3 is 1.60 bits per heavy atom. The zero-order valence-corrected chi connectivity index (χ0v) is 14.0. The van der Waals surface area contributed by atoms with Gasteiger partial charge in [0, 0.05) is 20.8 Å². The zero-order valence-electron chi connectivity index (χ0n) is 13.0. The average Bonchev–Trinajstić information content (AvgIpc) is 2.42. The number of alkyl halides is 2. The lowest BCUT2D eigenvalue weighted by atomic mass is 10.2. The van der Waals surface area contributed by atoms with Crippen LogP contribution in [-0.2, 0) is 33.2 Å². The molecule has 0 aliphatic carbocycles. The van der Waals surface area contributed by atoms with Crippen LogP contribution in [0.4, 0.5) is 22.0 Å². The molecule has 25 heavy (non-hydrogen) atoms. The largest absolute Gasteiger partial charge is 0.784 e. The number of halogens is 5. The first-order valence-corrected chi connectivity index (χ1v) is 8.17. The Morgan fingerprint density at radius 1 is 0.840 bits per heavy atom. The molecule has 0 saturated carbocycles. The molecular formula is C13H11F5O6Si. The van der Waals surface area contributed by atoms with Gasteiger partial charge in [-0.3, -0.25) is 14.4 Å². The SMILES string of the molecule is CC(=O)O[Si](OC(C)=O)(OC(C)=O)C(F)(F)c1ccc(F)c(F)c1F. The second kappa shape index (κ2) is 7.17. The molecule has 0 aliphatic heterocycles. The molecule has 0 heterocycles. The van der Waals surface area contributed by atoms with Crippen molar-refractivity contribution in [3.8, 4) is 0 Å². The molecular weight excluding hydrogens is 375 g/mol. The summed E-state index contributed by atoms with van der Waals surface area (Å²) >= 11 is 0. The summed E-state index contributed by atoms with van der Waals surface area (Å²) in [6.07, 6.45) is 0. The summed E-state index contributed by atoms with van der Waals surface area (Å²) in [7, 11) is -5.94. The molecule has 0 N–H and O–H groups in total. The van der Waals surface area contributed by atoms with Crippen LogP contribution in [0.1, 0.15) is 26.3 Å². The van der Waals surface area contributed by atoms with E-state index in [2.05, 4.69) is 13.3 Å². The maximum Gasteiger partial charge on any atom is 0.784 e. The molecule has 0 spiro atoms. The summed E-state index contributed by atoms with van der Waals surface area (Å²) in [4.78, 5) is 33.5. The van der Waals surface area contributed by atoms with Gasteiger partial charge < -0.3 is 13.3 Å². The van der Waals surface area contributed by atoms with Gasteiger partial charge in [-0.2, -0.15) is 8.78 Å². The number of benzene rings is 1. The third kappa shape index (κ3) is 4.13. The number of rotatable bonds is 5. The lowest BCUT2D eigenvalue weighted by Crippen LogP contribution is -2.61.